The molecule has 1 aliphatic rings. The number of sulfonamides is 1. The highest BCUT2D eigenvalue weighted by Gasteiger charge is 2.50. The van der Waals surface area contributed by atoms with Crippen LogP contribution in [0.3, 0.4) is 0 Å². The van der Waals surface area contributed by atoms with Gasteiger partial charge < -0.3 is 4.18 Å². The topological polar surface area (TPSA) is 80.8 Å². The molecule has 2 rings (SSSR count). The average molecular weight is 399 g/mol. The highest BCUT2D eigenvalue weighted by Crippen LogP contribution is 2.34. The second kappa shape index (κ2) is 6.52. The fourth-order valence-corrected chi connectivity index (χ4v) is 4.43. The maximum atomic E-state index is 12.8. The van der Waals surface area contributed by atoms with Crippen LogP contribution < -0.4 is 0 Å². The zero-order valence-electron chi connectivity index (χ0n) is 13.3. The Bertz CT molecular complexity index is 874. The Labute approximate surface area is 144 Å². The molecule has 0 aromatic heterocycles. The van der Waals surface area contributed by atoms with Gasteiger partial charge in [-0.2, -0.15) is 21.6 Å². The Hall–Kier alpha value is -1.75. The summed E-state index contributed by atoms with van der Waals surface area (Å²) >= 11 is 0. The van der Waals surface area contributed by atoms with Crippen LogP contribution in [0.25, 0.3) is 0 Å². The molecule has 1 unspecified atom stereocenters. The molecule has 0 amide bonds. The number of rotatable bonds is 4. The van der Waals surface area contributed by atoms with Gasteiger partial charge in [0.05, 0.1) is 4.90 Å². The number of aryl methyl sites for hydroxylation is 1. The Morgan fingerprint density at radius 1 is 1.12 bits per heavy atom. The van der Waals surface area contributed by atoms with Crippen LogP contribution in [0, 0.1) is 6.92 Å². The highest BCUT2D eigenvalue weighted by atomic mass is 32.2. The smallest absolute Gasteiger partial charge is 0.357 e. The van der Waals surface area contributed by atoms with Crippen molar-refractivity contribution in [2.75, 3.05) is 0 Å². The van der Waals surface area contributed by atoms with E-state index in [2.05, 4.69) is 4.18 Å². The fraction of sp³-hybridized carbons (Fsp3) is 0.429. The van der Waals surface area contributed by atoms with Crippen molar-refractivity contribution in [2.24, 2.45) is 0 Å². The molecule has 0 N–H and O–H groups in total. The number of benzene rings is 1. The van der Waals surface area contributed by atoms with Crippen molar-refractivity contribution in [1.29, 1.82) is 0 Å². The van der Waals surface area contributed by atoms with Gasteiger partial charge in [-0.1, -0.05) is 17.7 Å². The van der Waals surface area contributed by atoms with Crippen LogP contribution in [0.2, 0.25) is 0 Å². The lowest BCUT2D eigenvalue weighted by Gasteiger charge is -2.34. The molecule has 0 spiro atoms. The molecule has 11 heteroatoms. The summed E-state index contributed by atoms with van der Waals surface area (Å²) in [5, 5.41) is 0. The molecule has 0 bridgehead atoms. The SMILES string of the molecule is Cc1ccc(S(=O)(=O)N2C(OS(=O)(=O)C(F)(F)F)=CCCC2C)cc1. The Morgan fingerprint density at radius 3 is 2.20 bits per heavy atom. The summed E-state index contributed by atoms with van der Waals surface area (Å²) in [7, 11) is -10.3. The van der Waals surface area contributed by atoms with Gasteiger partial charge in [0.1, 0.15) is 0 Å². The normalized spacial score (nSPS) is 19.5. The minimum atomic E-state index is -5.98. The number of alkyl halides is 3. The third-order valence-corrected chi connectivity index (χ3v) is 6.46. The molecule has 1 heterocycles. The summed E-state index contributed by atoms with van der Waals surface area (Å²) in [6.07, 6.45) is 1.52. The third kappa shape index (κ3) is 3.92. The van der Waals surface area contributed by atoms with Gasteiger partial charge in [0.25, 0.3) is 10.0 Å². The predicted octanol–water partition coefficient (Wildman–Crippen LogP) is 2.88. The minimum Gasteiger partial charge on any atom is -0.357 e. The van der Waals surface area contributed by atoms with Gasteiger partial charge in [0.2, 0.25) is 5.88 Å². The van der Waals surface area contributed by atoms with Crippen molar-refractivity contribution < 1.29 is 34.2 Å². The number of hydrogen-bond donors (Lipinski definition) is 0. The molecule has 1 atom stereocenters. The maximum Gasteiger partial charge on any atom is 0.534 e. The van der Waals surface area contributed by atoms with Crippen LogP contribution >= 0.6 is 0 Å². The van der Waals surface area contributed by atoms with Crippen LogP contribution in [0.4, 0.5) is 13.2 Å². The van der Waals surface area contributed by atoms with Crippen molar-refractivity contribution in [3.8, 4) is 0 Å². The van der Waals surface area contributed by atoms with E-state index in [-0.39, 0.29) is 11.3 Å². The van der Waals surface area contributed by atoms with Gasteiger partial charge >= 0.3 is 15.6 Å². The van der Waals surface area contributed by atoms with Gasteiger partial charge in [0, 0.05) is 6.04 Å². The Morgan fingerprint density at radius 2 is 1.68 bits per heavy atom. The summed E-state index contributed by atoms with van der Waals surface area (Å²) < 4.78 is 90.5. The first-order valence-corrected chi connectivity index (χ1v) is 10.0. The lowest BCUT2D eigenvalue weighted by atomic mass is 10.1. The van der Waals surface area contributed by atoms with Crippen molar-refractivity contribution in [3.05, 3.63) is 41.8 Å². The van der Waals surface area contributed by atoms with Gasteiger partial charge in [0.15, 0.2) is 0 Å². The summed E-state index contributed by atoms with van der Waals surface area (Å²) in [5.41, 5.74) is -4.87. The van der Waals surface area contributed by atoms with Gasteiger partial charge in [-0.3, -0.25) is 0 Å². The van der Waals surface area contributed by atoms with Crippen molar-refractivity contribution >= 4 is 20.1 Å². The standard InChI is InChI=1S/C14H16F3NO5S2/c1-10-6-8-12(9-7-10)24(19,20)18-11(2)4-3-5-13(18)23-25(21,22)14(15,16)17/h5-9,11H,3-4H2,1-2H3. The van der Waals surface area contributed by atoms with E-state index < -0.39 is 37.6 Å². The summed E-state index contributed by atoms with van der Waals surface area (Å²) in [5.74, 6) is -0.864. The number of nitrogens with zero attached hydrogens (tertiary/aromatic N) is 1. The molecule has 1 aromatic rings. The van der Waals surface area contributed by atoms with Crippen molar-refractivity contribution in [3.63, 3.8) is 0 Å². The van der Waals surface area contributed by atoms with E-state index in [1.54, 1.807) is 6.92 Å². The second-order valence-corrected chi connectivity index (χ2v) is 8.92. The molecule has 1 aliphatic heterocycles. The van der Waals surface area contributed by atoms with Crippen LogP contribution in [0.5, 0.6) is 0 Å². The summed E-state index contributed by atoms with van der Waals surface area (Å²) in [4.78, 5) is -0.175. The van der Waals surface area contributed by atoms with E-state index in [1.165, 1.54) is 31.2 Å². The Kier molecular flexibility index (Phi) is 5.11. The minimum absolute atomic E-state index is 0.175. The largest absolute Gasteiger partial charge is 0.534 e. The average Bonchev–Trinajstić information content (AvgIpc) is 2.45. The number of allylic oxidation sites excluding steroid dienone is 1. The maximum absolute atomic E-state index is 12.8. The van der Waals surface area contributed by atoms with E-state index in [1.807, 2.05) is 0 Å². The summed E-state index contributed by atoms with van der Waals surface area (Å²) in [6, 6.07) is 4.87. The molecule has 140 valence electrons. The molecule has 0 saturated carbocycles. The van der Waals surface area contributed by atoms with E-state index in [0.717, 1.165) is 11.6 Å². The lowest BCUT2D eigenvalue weighted by molar-refractivity contribution is -0.0535. The molecular weight excluding hydrogens is 383 g/mol. The molecular formula is C14H16F3NO5S2. The van der Waals surface area contributed by atoms with Gasteiger partial charge in [-0.05, 0) is 44.9 Å². The van der Waals surface area contributed by atoms with Crippen LogP contribution in [-0.4, -0.2) is 32.7 Å². The zero-order chi connectivity index (χ0) is 19.0. The Balaban J connectivity index is 2.47. The van der Waals surface area contributed by atoms with E-state index in [4.69, 9.17) is 0 Å². The second-order valence-electron chi connectivity index (χ2n) is 5.57. The fourth-order valence-electron chi connectivity index (χ4n) is 2.28. The molecule has 0 aliphatic carbocycles. The first kappa shape index (κ1) is 19.6. The van der Waals surface area contributed by atoms with Crippen LogP contribution in [-0.2, 0) is 24.3 Å². The number of halogens is 3. The van der Waals surface area contributed by atoms with Crippen molar-refractivity contribution in [1.82, 2.24) is 4.31 Å². The van der Waals surface area contributed by atoms with E-state index >= 15 is 0 Å². The first-order chi connectivity index (χ1) is 11.4. The van der Waals surface area contributed by atoms with E-state index in [0.29, 0.717) is 10.7 Å². The lowest BCUT2D eigenvalue weighted by Crippen LogP contribution is -2.42. The monoisotopic (exact) mass is 399 g/mol. The van der Waals surface area contributed by atoms with Crippen LogP contribution in [0.1, 0.15) is 25.3 Å². The van der Waals surface area contributed by atoms with E-state index in [9.17, 15) is 30.0 Å². The third-order valence-electron chi connectivity index (χ3n) is 3.58. The first-order valence-electron chi connectivity index (χ1n) is 7.18. The number of hydrogen-bond acceptors (Lipinski definition) is 5. The highest BCUT2D eigenvalue weighted by molar-refractivity contribution is 7.89. The zero-order valence-corrected chi connectivity index (χ0v) is 15.0. The molecule has 6 nitrogen and oxygen atoms in total. The molecule has 0 saturated heterocycles. The van der Waals surface area contributed by atoms with Gasteiger partial charge in [-0.25, -0.2) is 12.7 Å². The molecule has 25 heavy (non-hydrogen) atoms. The predicted molar refractivity (Wildman–Crippen MR) is 83.0 cm³/mol. The molecule has 0 radical (unpaired) electrons. The molecule has 0 fully saturated rings. The van der Waals surface area contributed by atoms with Crippen LogP contribution in [0.15, 0.2) is 41.1 Å². The van der Waals surface area contributed by atoms with Crippen molar-refractivity contribution in [2.45, 2.75) is 43.1 Å². The quantitative estimate of drug-likeness (QED) is 0.575. The summed E-state index contributed by atoms with van der Waals surface area (Å²) in [6.45, 7) is 3.20. The molecule has 1 aromatic carbocycles. The van der Waals surface area contributed by atoms with Gasteiger partial charge in [-0.15, -0.1) is 0 Å².